The number of anilines is 2. The monoisotopic (exact) mass is 347 g/mol. The molecule has 0 aliphatic carbocycles. The summed E-state index contributed by atoms with van der Waals surface area (Å²) in [5, 5.41) is 3.32. The van der Waals surface area contributed by atoms with Crippen LogP contribution >= 0.6 is 0 Å². The number of piperidine rings is 1. The smallest absolute Gasteiger partial charge is 0.222 e. The van der Waals surface area contributed by atoms with Crippen LogP contribution in [0.25, 0.3) is 0 Å². The lowest BCUT2D eigenvalue weighted by atomic mass is 9.93. The lowest BCUT2D eigenvalue weighted by molar-refractivity contribution is -0.131. The molecule has 2 rings (SSSR count). The minimum atomic E-state index is 0.287. The highest BCUT2D eigenvalue weighted by Crippen LogP contribution is 2.25. The highest BCUT2D eigenvalue weighted by atomic mass is 16.2. The van der Waals surface area contributed by atoms with Crippen LogP contribution in [0.5, 0.6) is 0 Å². The van der Waals surface area contributed by atoms with Crippen LogP contribution in [0, 0.1) is 5.92 Å². The van der Waals surface area contributed by atoms with Crippen molar-refractivity contribution in [3.63, 3.8) is 0 Å². The van der Waals surface area contributed by atoms with Crippen LogP contribution < -0.4 is 10.2 Å². The zero-order chi connectivity index (χ0) is 18.1. The van der Waals surface area contributed by atoms with Gasteiger partial charge in [0, 0.05) is 45.2 Å². The molecular formula is C19H33N5O. The van der Waals surface area contributed by atoms with E-state index in [1.807, 2.05) is 24.8 Å². The number of carbonyl (C=O) groups excluding carboxylic acids is 1. The molecule has 25 heavy (non-hydrogen) atoms. The minimum absolute atomic E-state index is 0.287. The summed E-state index contributed by atoms with van der Waals surface area (Å²) in [5.74, 6) is 2.74. The second-order valence-corrected chi connectivity index (χ2v) is 6.75. The van der Waals surface area contributed by atoms with E-state index in [0.717, 1.165) is 63.6 Å². The van der Waals surface area contributed by atoms with Crippen molar-refractivity contribution < 1.29 is 4.79 Å². The third kappa shape index (κ3) is 5.87. The summed E-state index contributed by atoms with van der Waals surface area (Å²) in [5.41, 5.74) is 0. The molecule has 1 aliphatic heterocycles. The van der Waals surface area contributed by atoms with E-state index in [4.69, 9.17) is 0 Å². The standard InChI is InChI=1S/C19H33N5O/c1-4-11-20-17-13-18(22-15-21-17)24-12-7-8-16(14-24)9-10-19(25)23(5-2)6-3/h13,15-16H,4-12,14H2,1-3H3,(H,20,21,22). The average Bonchev–Trinajstić information content (AvgIpc) is 2.66. The van der Waals surface area contributed by atoms with E-state index in [0.29, 0.717) is 12.3 Å². The second-order valence-electron chi connectivity index (χ2n) is 6.75. The van der Waals surface area contributed by atoms with Gasteiger partial charge in [-0.05, 0) is 45.4 Å². The number of nitrogens with zero attached hydrogens (tertiary/aromatic N) is 4. The first kappa shape index (κ1) is 19.5. The third-order valence-corrected chi connectivity index (χ3v) is 4.93. The maximum atomic E-state index is 12.2. The summed E-state index contributed by atoms with van der Waals surface area (Å²) in [6.07, 6.45) is 6.71. The van der Waals surface area contributed by atoms with Gasteiger partial charge < -0.3 is 15.1 Å². The summed E-state index contributed by atoms with van der Waals surface area (Å²) in [7, 11) is 0. The summed E-state index contributed by atoms with van der Waals surface area (Å²) in [4.78, 5) is 25.2. The molecule has 1 aliphatic rings. The molecule has 0 spiro atoms. The van der Waals surface area contributed by atoms with E-state index >= 15 is 0 Å². The second kappa shape index (κ2) is 10.2. The lowest BCUT2D eigenvalue weighted by Crippen LogP contribution is -2.37. The first-order valence-electron chi connectivity index (χ1n) is 9.76. The third-order valence-electron chi connectivity index (χ3n) is 4.93. The Morgan fingerprint density at radius 1 is 1.32 bits per heavy atom. The van der Waals surface area contributed by atoms with Gasteiger partial charge in [0.2, 0.25) is 5.91 Å². The van der Waals surface area contributed by atoms with Gasteiger partial charge in [0.05, 0.1) is 0 Å². The molecule has 1 fully saturated rings. The highest BCUT2D eigenvalue weighted by Gasteiger charge is 2.22. The Balaban J connectivity index is 1.89. The summed E-state index contributed by atoms with van der Waals surface area (Å²) >= 11 is 0. The van der Waals surface area contributed by atoms with Crippen molar-refractivity contribution in [3.8, 4) is 0 Å². The average molecular weight is 348 g/mol. The van der Waals surface area contributed by atoms with Crippen LogP contribution in [-0.2, 0) is 4.79 Å². The van der Waals surface area contributed by atoms with E-state index in [9.17, 15) is 4.79 Å². The molecule has 2 heterocycles. The predicted molar refractivity (Wildman–Crippen MR) is 103 cm³/mol. The Morgan fingerprint density at radius 2 is 2.12 bits per heavy atom. The van der Waals surface area contributed by atoms with Gasteiger partial charge in [-0.15, -0.1) is 0 Å². The Kier molecular flexibility index (Phi) is 7.95. The van der Waals surface area contributed by atoms with Crippen molar-refractivity contribution >= 4 is 17.5 Å². The van der Waals surface area contributed by atoms with Gasteiger partial charge in [0.1, 0.15) is 18.0 Å². The topological polar surface area (TPSA) is 61.4 Å². The van der Waals surface area contributed by atoms with E-state index in [2.05, 4.69) is 27.1 Å². The van der Waals surface area contributed by atoms with E-state index in [-0.39, 0.29) is 5.91 Å². The molecule has 0 aromatic carbocycles. The molecule has 1 aromatic rings. The molecule has 1 amide bonds. The number of hydrogen-bond donors (Lipinski definition) is 1. The normalized spacial score (nSPS) is 17.4. The van der Waals surface area contributed by atoms with Crippen molar-refractivity contribution in [2.24, 2.45) is 5.92 Å². The van der Waals surface area contributed by atoms with Gasteiger partial charge in [0.15, 0.2) is 0 Å². The van der Waals surface area contributed by atoms with E-state index < -0.39 is 0 Å². The summed E-state index contributed by atoms with van der Waals surface area (Å²) in [6, 6.07) is 2.04. The Bertz CT molecular complexity index is 532. The first-order chi connectivity index (χ1) is 12.2. The van der Waals surface area contributed by atoms with Gasteiger partial charge in [-0.1, -0.05) is 6.92 Å². The SMILES string of the molecule is CCCNc1cc(N2CCCC(CCC(=O)N(CC)CC)C2)ncn1. The van der Waals surface area contributed by atoms with E-state index in [1.54, 1.807) is 6.33 Å². The van der Waals surface area contributed by atoms with Crippen molar-refractivity contribution in [1.29, 1.82) is 0 Å². The Labute approximate surface area is 152 Å². The molecule has 0 saturated carbocycles. The van der Waals surface area contributed by atoms with Gasteiger partial charge in [-0.3, -0.25) is 4.79 Å². The van der Waals surface area contributed by atoms with Gasteiger partial charge in [-0.2, -0.15) is 0 Å². The van der Waals surface area contributed by atoms with Gasteiger partial charge in [0.25, 0.3) is 0 Å². The first-order valence-corrected chi connectivity index (χ1v) is 9.76. The molecular weight excluding hydrogens is 314 g/mol. The lowest BCUT2D eigenvalue weighted by Gasteiger charge is -2.34. The zero-order valence-electron chi connectivity index (χ0n) is 16.0. The predicted octanol–water partition coefficient (Wildman–Crippen LogP) is 3.16. The molecule has 1 aromatic heterocycles. The highest BCUT2D eigenvalue weighted by molar-refractivity contribution is 5.76. The maximum absolute atomic E-state index is 12.2. The number of rotatable bonds is 9. The Hall–Kier alpha value is -1.85. The fourth-order valence-electron chi connectivity index (χ4n) is 3.44. The fraction of sp³-hybridized carbons (Fsp3) is 0.737. The molecule has 0 radical (unpaired) electrons. The molecule has 1 atom stereocenters. The number of nitrogens with one attached hydrogen (secondary N) is 1. The zero-order valence-corrected chi connectivity index (χ0v) is 16.0. The van der Waals surface area contributed by atoms with Crippen molar-refractivity contribution in [2.75, 3.05) is 42.9 Å². The molecule has 0 bridgehead atoms. The van der Waals surface area contributed by atoms with Gasteiger partial charge >= 0.3 is 0 Å². The van der Waals surface area contributed by atoms with Crippen molar-refractivity contribution in [3.05, 3.63) is 12.4 Å². The van der Waals surface area contributed by atoms with Crippen LogP contribution in [0.3, 0.4) is 0 Å². The van der Waals surface area contributed by atoms with Crippen LogP contribution in [0.15, 0.2) is 12.4 Å². The quantitative estimate of drug-likeness (QED) is 0.743. The minimum Gasteiger partial charge on any atom is -0.370 e. The number of hydrogen-bond acceptors (Lipinski definition) is 5. The molecule has 1 saturated heterocycles. The summed E-state index contributed by atoms with van der Waals surface area (Å²) in [6.45, 7) is 10.8. The van der Waals surface area contributed by atoms with Crippen LogP contribution in [0.2, 0.25) is 0 Å². The molecule has 6 nitrogen and oxygen atoms in total. The molecule has 1 unspecified atom stereocenters. The number of carbonyl (C=O) groups is 1. The van der Waals surface area contributed by atoms with Crippen molar-refractivity contribution in [2.45, 2.75) is 52.9 Å². The fourth-order valence-corrected chi connectivity index (χ4v) is 3.44. The van der Waals surface area contributed by atoms with Crippen molar-refractivity contribution in [1.82, 2.24) is 14.9 Å². The van der Waals surface area contributed by atoms with Crippen LogP contribution in [0.1, 0.15) is 52.9 Å². The molecule has 6 heteroatoms. The summed E-state index contributed by atoms with van der Waals surface area (Å²) < 4.78 is 0. The molecule has 1 N–H and O–H groups in total. The number of amides is 1. The van der Waals surface area contributed by atoms with E-state index in [1.165, 1.54) is 6.42 Å². The maximum Gasteiger partial charge on any atom is 0.222 e. The Morgan fingerprint density at radius 3 is 2.84 bits per heavy atom. The number of aromatic nitrogens is 2. The van der Waals surface area contributed by atoms with Crippen LogP contribution in [0.4, 0.5) is 11.6 Å². The van der Waals surface area contributed by atoms with Crippen LogP contribution in [-0.4, -0.2) is 53.5 Å². The molecule has 140 valence electrons. The largest absolute Gasteiger partial charge is 0.370 e. The van der Waals surface area contributed by atoms with Gasteiger partial charge in [-0.25, -0.2) is 9.97 Å².